The zero-order valence-corrected chi connectivity index (χ0v) is 15.8. The molecule has 1 aromatic carbocycles. The second kappa shape index (κ2) is 8.34. The average Bonchev–Trinajstić information content (AvgIpc) is 3.44. The number of rotatable bonds is 6. The van der Waals surface area contributed by atoms with Crippen LogP contribution in [0.4, 0.5) is 0 Å². The van der Waals surface area contributed by atoms with Crippen LogP contribution < -0.4 is 16.4 Å². The predicted molar refractivity (Wildman–Crippen MR) is 98.5 cm³/mol. The Morgan fingerprint density at radius 2 is 1.96 bits per heavy atom. The Hall–Kier alpha value is -1.68. The van der Waals surface area contributed by atoms with Gasteiger partial charge in [0.2, 0.25) is 15.9 Å². The van der Waals surface area contributed by atoms with Crippen LogP contribution in [0.5, 0.6) is 0 Å². The van der Waals surface area contributed by atoms with Crippen molar-refractivity contribution in [1.29, 1.82) is 0 Å². The van der Waals surface area contributed by atoms with Crippen molar-refractivity contribution in [2.75, 3.05) is 26.2 Å². The van der Waals surface area contributed by atoms with Crippen LogP contribution in [0.1, 0.15) is 23.2 Å². The molecule has 10 heteroatoms. The third-order valence-electron chi connectivity index (χ3n) is 4.48. The van der Waals surface area contributed by atoms with E-state index in [4.69, 9.17) is 5.73 Å². The first-order valence-corrected chi connectivity index (χ1v) is 9.72. The lowest BCUT2D eigenvalue weighted by Crippen LogP contribution is -2.49. The maximum absolute atomic E-state index is 12.5. The van der Waals surface area contributed by atoms with Gasteiger partial charge in [-0.25, -0.2) is 8.42 Å². The largest absolute Gasteiger partial charge is 0.354 e. The SMILES string of the molecule is Cl.NC(CNC(=O)c1ccc(S(=O)(=O)N2CCNC(=O)C2)cc1)C1CC1. The molecule has 8 nitrogen and oxygen atoms in total. The van der Waals surface area contributed by atoms with E-state index in [0.717, 1.165) is 17.1 Å². The summed E-state index contributed by atoms with van der Waals surface area (Å²) in [6, 6.07) is 5.67. The lowest BCUT2D eigenvalue weighted by Gasteiger charge is -2.25. The number of amides is 2. The van der Waals surface area contributed by atoms with E-state index in [1.54, 1.807) is 0 Å². The van der Waals surface area contributed by atoms with E-state index in [1.165, 1.54) is 24.3 Å². The van der Waals surface area contributed by atoms with Gasteiger partial charge in [-0.2, -0.15) is 4.31 Å². The van der Waals surface area contributed by atoms with Crippen molar-refractivity contribution >= 4 is 34.2 Å². The fourth-order valence-electron chi connectivity index (χ4n) is 2.75. The highest BCUT2D eigenvalue weighted by atomic mass is 35.5. The molecule has 1 atom stereocenters. The normalized spacial score (nSPS) is 19.2. The van der Waals surface area contributed by atoms with Gasteiger partial charge in [0.15, 0.2) is 0 Å². The zero-order chi connectivity index (χ0) is 18.0. The summed E-state index contributed by atoms with van der Waals surface area (Å²) in [5.74, 6) is -0.107. The van der Waals surface area contributed by atoms with Crippen LogP contribution in [-0.4, -0.2) is 56.8 Å². The van der Waals surface area contributed by atoms with Gasteiger partial charge in [0.25, 0.3) is 5.91 Å². The van der Waals surface area contributed by atoms with E-state index in [0.29, 0.717) is 24.6 Å². The number of halogens is 1. The Balaban J connectivity index is 0.00000243. The van der Waals surface area contributed by atoms with Crippen molar-refractivity contribution in [2.24, 2.45) is 11.7 Å². The molecule has 1 heterocycles. The molecule has 2 aliphatic rings. The van der Waals surface area contributed by atoms with Gasteiger partial charge in [0, 0.05) is 31.2 Å². The third-order valence-corrected chi connectivity index (χ3v) is 6.34. The van der Waals surface area contributed by atoms with Gasteiger partial charge in [0.05, 0.1) is 11.4 Å². The fraction of sp³-hybridized carbons (Fsp3) is 0.500. The summed E-state index contributed by atoms with van der Waals surface area (Å²) in [5.41, 5.74) is 6.32. The summed E-state index contributed by atoms with van der Waals surface area (Å²) in [7, 11) is -3.75. The Bertz CT molecular complexity index is 765. The summed E-state index contributed by atoms with van der Waals surface area (Å²) in [6.07, 6.45) is 2.22. The van der Waals surface area contributed by atoms with Gasteiger partial charge in [0.1, 0.15) is 0 Å². The molecule has 0 bridgehead atoms. The highest BCUT2D eigenvalue weighted by molar-refractivity contribution is 7.89. The molecule has 0 aromatic heterocycles. The van der Waals surface area contributed by atoms with Crippen molar-refractivity contribution in [3.05, 3.63) is 29.8 Å². The molecule has 1 saturated carbocycles. The number of hydrogen-bond acceptors (Lipinski definition) is 5. The number of carbonyl (C=O) groups excluding carboxylic acids is 2. The molecular formula is C16H23ClN4O4S. The lowest BCUT2D eigenvalue weighted by molar-refractivity contribution is -0.122. The molecule has 2 fully saturated rings. The summed E-state index contributed by atoms with van der Waals surface area (Å²) in [6.45, 7) is 0.741. The average molecular weight is 403 g/mol. The Kier molecular flexibility index (Phi) is 6.62. The molecule has 26 heavy (non-hydrogen) atoms. The van der Waals surface area contributed by atoms with E-state index in [2.05, 4.69) is 10.6 Å². The van der Waals surface area contributed by atoms with E-state index in [9.17, 15) is 18.0 Å². The molecule has 0 spiro atoms. The minimum atomic E-state index is -3.75. The number of hydrogen-bond donors (Lipinski definition) is 3. The topological polar surface area (TPSA) is 122 Å². The Morgan fingerprint density at radius 1 is 1.31 bits per heavy atom. The molecule has 1 aliphatic carbocycles. The van der Waals surface area contributed by atoms with E-state index in [-0.39, 0.29) is 48.2 Å². The molecular weight excluding hydrogens is 380 g/mol. The lowest BCUT2D eigenvalue weighted by atomic mass is 10.2. The van der Waals surface area contributed by atoms with Crippen molar-refractivity contribution in [1.82, 2.24) is 14.9 Å². The summed E-state index contributed by atoms with van der Waals surface area (Å²) in [5, 5.41) is 5.36. The van der Waals surface area contributed by atoms with Crippen LogP contribution in [0.3, 0.4) is 0 Å². The van der Waals surface area contributed by atoms with E-state index >= 15 is 0 Å². The van der Waals surface area contributed by atoms with Crippen LogP contribution in [0.15, 0.2) is 29.2 Å². The minimum absolute atomic E-state index is 0. The van der Waals surface area contributed by atoms with Crippen LogP contribution in [-0.2, 0) is 14.8 Å². The standard InChI is InChI=1S/C16H22N4O4S.ClH/c17-14(11-1-2-11)9-19-16(22)12-3-5-13(6-4-12)25(23,24)20-8-7-18-15(21)10-20;/h3-6,11,14H,1-2,7-10,17H2,(H,18,21)(H,19,22);1H. The number of piperazine rings is 1. The smallest absolute Gasteiger partial charge is 0.251 e. The second-order valence-electron chi connectivity index (χ2n) is 6.42. The summed E-state index contributed by atoms with van der Waals surface area (Å²) in [4.78, 5) is 23.6. The Morgan fingerprint density at radius 3 is 2.54 bits per heavy atom. The maximum atomic E-state index is 12.5. The molecule has 3 rings (SSSR count). The third kappa shape index (κ3) is 4.73. The minimum Gasteiger partial charge on any atom is -0.354 e. The van der Waals surface area contributed by atoms with E-state index in [1.807, 2.05) is 0 Å². The second-order valence-corrected chi connectivity index (χ2v) is 8.36. The molecule has 144 valence electrons. The van der Waals surface area contributed by atoms with Crippen molar-refractivity contribution in [3.63, 3.8) is 0 Å². The maximum Gasteiger partial charge on any atom is 0.251 e. The van der Waals surface area contributed by atoms with Crippen molar-refractivity contribution in [3.8, 4) is 0 Å². The summed E-state index contributed by atoms with van der Waals surface area (Å²) >= 11 is 0. The van der Waals surface area contributed by atoms with Gasteiger partial charge < -0.3 is 16.4 Å². The number of nitrogens with two attached hydrogens (primary N) is 1. The van der Waals surface area contributed by atoms with Crippen molar-refractivity contribution in [2.45, 2.75) is 23.8 Å². The predicted octanol–water partition coefficient (Wildman–Crippen LogP) is -0.304. The molecule has 1 saturated heterocycles. The van der Waals surface area contributed by atoms with Crippen LogP contribution >= 0.6 is 12.4 Å². The van der Waals surface area contributed by atoms with Crippen LogP contribution in [0, 0.1) is 5.92 Å². The molecule has 1 aromatic rings. The summed E-state index contributed by atoms with van der Waals surface area (Å²) < 4.78 is 26.2. The number of carbonyl (C=O) groups is 2. The first-order valence-electron chi connectivity index (χ1n) is 8.28. The van der Waals surface area contributed by atoms with Crippen molar-refractivity contribution < 1.29 is 18.0 Å². The first-order chi connectivity index (χ1) is 11.9. The van der Waals surface area contributed by atoms with Gasteiger partial charge >= 0.3 is 0 Å². The molecule has 1 unspecified atom stereocenters. The molecule has 1 aliphatic heterocycles. The van der Waals surface area contributed by atoms with Crippen LogP contribution in [0.2, 0.25) is 0 Å². The quantitative estimate of drug-likeness (QED) is 0.602. The number of benzene rings is 1. The highest BCUT2D eigenvalue weighted by Crippen LogP contribution is 2.31. The van der Waals surface area contributed by atoms with Crippen LogP contribution in [0.25, 0.3) is 0 Å². The number of nitrogens with one attached hydrogen (secondary N) is 2. The number of nitrogens with zero attached hydrogens (tertiary/aromatic N) is 1. The molecule has 4 N–H and O–H groups in total. The van der Waals surface area contributed by atoms with Gasteiger partial charge in [-0.05, 0) is 43.0 Å². The molecule has 0 radical (unpaired) electrons. The van der Waals surface area contributed by atoms with E-state index < -0.39 is 10.0 Å². The number of sulfonamides is 1. The first kappa shape index (κ1) is 20.6. The Labute approximate surface area is 159 Å². The molecule has 2 amide bonds. The fourth-order valence-corrected chi connectivity index (χ4v) is 4.15. The monoisotopic (exact) mass is 402 g/mol. The zero-order valence-electron chi connectivity index (χ0n) is 14.2. The van der Waals surface area contributed by atoms with Gasteiger partial charge in [-0.3, -0.25) is 9.59 Å². The highest BCUT2D eigenvalue weighted by Gasteiger charge is 2.30. The van der Waals surface area contributed by atoms with Gasteiger partial charge in [-0.1, -0.05) is 0 Å². The van der Waals surface area contributed by atoms with Gasteiger partial charge in [-0.15, -0.1) is 12.4 Å².